The van der Waals surface area contributed by atoms with Crippen molar-refractivity contribution in [1.82, 2.24) is 0 Å². The van der Waals surface area contributed by atoms with E-state index in [4.69, 9.17) is 0 Å². The molecule has 0 saturated heterocycles. The van der Waals surface area contributed by atoms with E-state index in [0.717, 1.165) is 0 Å². The summed E-state index contributed by atoms with van der Waals surface area (Å²) >= 11 is 8.43. The molecule has 0 unspecified atom stereocenters. The molecule has 0 atom stereocenters. The fraction of sp³-hybridized carbons (Fsp3) is 0. The first kappa shape index (κ1) is 16.4. The fourth-order valence-corrected chi connectivity index (χ4v) is 0. The molecular formula is H3AgBiI3O. The van der Waals surface area contributed by atoms with Gasteiger partial charge in [0, 0.05) is 0 Å². The molecule has 0 aliphatic heterocycles. The molecule has 0 radical (unpaired) electrons. The summed E-state index contributed by atoms with van der Waals surface area (Å²) in [6, 6.07) is 0. The zero-order valence-electron chi connectivity index (χ0n) is 2.55. The first-order chi connectivity index (χ1) is 2.41. The van der Waals surface area contributed by atoms with Crippen molar-refractivity contribution in [3.8, 4) is 0 Å². The Bertz CT molecular complexity index is 10.8. The topological polar surface area (TPSA) is 9.23 Å². The molecule has 0 bridgehead atoms. The third-order valence-corrected chi connectivity index (χ3v) is 0. The van der Waals surface area contributed by atoms with Crippen LogP contribution in [-0.2, 0) is 18.6 Å². The number of hydrogen-bond donors (Lipinski definition) is 0. The predicted octanol–water partition coefficient (Wildman–Crippen LogP) is 1.40. The van der Waals surface area contributed by atoms with Crippen LogP contribution < -0.4 is 0 Å². The third kappa shape index (κ3) is 25.0. The molecule has 0 aliphatic rings. The van der Waals surface area contributed by atoms with Crippen molar-refractivity contribution < 1.29 is 18.6 Å². The second kappa shape index (κ2) is 23.3. The Morgan fingerprint density at radius 3 is 1.17 bits per heavy atom. The van der Waals surface area contributed by atoms with Crippen LogP contribution in [-0.4, -0.2) is 26.2 Å². The summed E-state index contributed by atoms with van der Waals surface area (Å²) in [4.78, 5) is 0. The molecule has 0 N–H and O–H groups in total. The van der Waals surface area contributed by atoms with Crippen LogP contribution in [0.3, 0.4) is 0 Å². The van der Waals surface area contributed by atoms with Crippen molar-refractivity contribution >= 4 is 91.2 Å². The van der Waals surface area contributed by atoms with Gasteiger partial charge in [-0.1, -0.05) is 0 Å². The van der Waals surface area contributed by atoms with E-state index < -0.39 is 0 Å². The van der Waals surface area contributed by atoms with E-state index in [1.807, 2.05) is 19.0 Å². The third-order valence-electron chi connectivity index (χ3n) is 0. The van der Waals surface area contributed by atoms with Crippen LogP contribution in [0.4, 0.5) is 0 Å². The molecule has 0 aliphatic carbocycles. The molecule has 0 spiro atoms. The van der Waals surface area contributed by atoms with Crippen LogP contribution in [0.5, 0.6) is 0 Å². The van der Waals surface area contributed by atoms with E-state index in [2.05, 4.69) is 18.6 Å². The van der Waals surface area contributed by atoms with Crippen LogP contribution in [0.2, 0.25) is 0 Å². The van der Waals surface area contributed by atoms with Crippen molar-refractivity contribution in [2.24, 2.45) is 0 Å². The van der Waals surface area contributed by atoms with Gasteiger partial charge in [0.15, 0.2) is 0 Å². The van der Waals surface area contributed by atoms with E-state index in [1.165, 1.54) is 0 Å². The van der Waals surface area contributed by atoms with E-state index in [9.17, 15) is 0 Å². The number of hydrogen-bond acceptors (Lipinski definition) is 1. The molecular weight excluding hydrogens is 714 g/mol. The predicted molar refractivity (Wildman–Crippen MR) is 53.1 cm³/mol. The minimum atomic E-state index is 0. The molecule has 0 amide bonds. The van der Waals surface area contributed by atoms with Gasteiger partial charge in [-0.25, -0.2) is 1.40 Å². The standard InChI is InChI=1S/Ag.Bi.I2O.HI.3H/c;;1-3-2;;;;/h;;;1H;;;/q+1;;;;;;/p-1. The van der Waals surface area contributed by atoms with Gasteiger partial charge in [0.1, 0.15) is 46.0 Å². The van der Waals surface area contributed by atoms with Gasteiger partial charge >= 0.3 is 62.5 Å². The fourth-order valence-electron chi connectivity index (χ4n) is 0. The Morgan fingerprint density at radius 2 is 1.17 bits per heavy atom. The van der Waals surface area contributed by atoms with Crippen LogP contribution >= 0.6 is 65.0 Å². The summed E-state index contributed by atoms with van der Waals surface area (Å²) < 4.78 is 4.19. The summed E-state index contributed by atoms with van der Waals surface area (Å²) in [5, 5.41) is 0. The molecule has 6 heavy (non-hydrogen) atoms. The first-order valence-electron chi connectivity index (χ1n) is 0.423. The van der Waals surface area contributed by atoms with Gasteiger partial charge in [0.25, 0.3) is 0 Å². The van der Waals surface area contributed by atoms with Crippen molar-refractivity contribution in [2.45, 2.75) is 0 Å². The molecule has 46 valence electrons. The average molecular weight is 717 g/mol. The zero-order chi connectivity index (χ0) is 4.71. The zero-order valence-corrected chi connectivity index (χ0v) is 16.0. The Labute approximate surface area is 107 Å². The monoisotopic (exact) mass is 716 g/mol. The average Bonchev–Trinajstić information content (AvgIpc) is 1.46. The van der Waals surface area contributed by atoms with Gasteiger partial charge in [-0.15, -0.1) is 0 Å². The molecule has 0 fully saturated rings. The summed E-state index contributed by atoms with van der Waals surface area (Å²) in [7, 11) is 0. The van der Waals surface area contributed by atoms with E-state index in [-0.39, 0.29) is 26.2 Å². The number of halogens is 3. The summed E-state index contributed by atoms with van der Waals surface area (Å²) in [6.07, 6.45) is 0. The minimum absolute atomic E-state index is 0. The molecule has 0 rings (SSSR count). The van der Waals surface area contributed by atoms with Gasteiger partial charge in [0.05, 0.1) is 0 Å². The van der Waals surface area contributed by atoms with Crippen LogP contribution in [0, 0.1) is 0 Å². The first-order valence-corrected chi connectivity index (χ1v) is 6.59. The molecule has 0 aromatic carbocycles. The maximum absolute atomic E-state index is 4.19. The summed E-state index contributed by atoms with van der Waals surface area (Å²) in [5.74, 6) is 0. The second-order valence-corrected chi connectivity index (χ2v) is 2.62. The second-order valence-electron chi connectivity index (χ2n) is 0.0583. The van der Waals surface area contributed by atoms with Gasteiger partial charge in [-0.05, 0) is 0 Å². The Hall–Kier alpha value is 3.77. The van der Waals surface area contributed by atoms with Crippen molar-refractivity contribution in [2.75, 3.05) is 0 Å². The van der Waals surface area contributed by atoms with E-state index in [1.54, 1.807) is 46.0 Å². The van der Waals surface area contributed by atoms with Crippen molar-refractivity contribution in [3.05, 3.63) is 0 Å². The normalized spacial score (nSPS) is 4.17. The molecule has 0 aromatic heterocycles. The van der Waals surface area contributed by atoms with Gasteiger partial charge < -0.3 is 0 Å². The molecule has 1 nitrogen and oxygen atoms in total. The molecule has 6 heteroatoms. The summed E-state index contributed by atoms with van der Waals surface area (Å²) in [6.45, 7) is 0. The quantitative estimate of drug-likeness (QED) is 0.273. The van der Waals surface area contributed by atoms with Crippen LogP contribution in [0.25, 0.3) is 0 Å². The molecule has 0 saturated carbocycles. The number of rotatable bonds is 0. The Morgan fingerprint density at radius 1 is 1.17 bits per heavy atom. The van der Waals surface area contributed by atoms with Gasteiger partial charge in [-0.2, -0.15) is 0 Å². The van der Waals surface area contributed by atoms with Crippen LogP contribution in [0.15, 0.2) is 0 Å². The summed E-state index contributed by atoms with van der Waals surface area (Å²) in [5.41, 5.74) is 0. The SMILES string of the molecule is IOI.[Ag][I].[BiH3]. The van der Waals surface area contributed by atoms with Crippen LogP contribution in [0.1, 0.15) is 0 Å². The molecule has 0 aromatic rings. The van der Waals surface area contributed by atoms with Gasteiger partial charge in [0.2, 0.25) is 0 Å². The van der Waals surface area contributed by atoms with Crippen molar-refractivity contribution in [3.63, 3.8) is 0 Å². The van der Waals surface area contributed by atoms with E-state index >= 15 is 0 Å². The molecule has 0 heterocycles. The van der Waals surface area contributed by atoms with Gasteiger partial charge in [-0.3, -0.25) is 0 Å². The Kier molecular flexibility index (Phi) is 63.6. The maximum atomic E-state index is 4.19. The Balaban J connectivity index is -0.0000000275. The van der Waals surface area contributed by atoms with Crippen molar-refractivity contribution in [1.29, 1.82) is 0 Å². The van der Waals surface area contributed by atoms with E-state index in [0.29, 0.717) is 0 Å².